The van der Waals surface area contributed by atoms with E-state index in [1.165, 1.54) is 6.07 Å². The van der Waals surface area contributed by atoms with Crippen LogP contribution in [-0.4, -0.2) is 10.9 Å². The fraction of sp³-hybridized carbons (Fsp3) is 0.273. The largest absolute Gasteiger partial charge is 0.508 e. The van der Waals surface area contributed by atoms with Crippen molar-refractivity contribution in [1.82, 2.24) is 0 Å². The quantitative estimate of drug-likeness (QED) is 0.848. The Balaban J connectivity index is 2.46. The molecular weight excluding hydrogens is 258 g/mol. The van der Waals surface area contributed by atoms with E-state index in [4.69, 9.17) is 5.26 Å². The molecule has 0 radical (unpaired) electrons. The van der Waals surface area contributed by atoms with Crippen molar-refractivity contribution >= 4 is 21.7 Å². The predicted octanol–water partition coefficient (Wildman–Crippen LogP) is 2.28. The number of nitrogens with zero attached hydrogens (tertiary/aromatic N) is 1. The van der Waals surface area contributed by atoms with Crippen molar-refractivity contribution in [3.8, 4) is 11.8 Å². The van der Waals surface area contributed by atoms with Crippen LogP contribution in [0.1, 0.15) is 18.4 Å². The number of phenols is 1. The molecule has 2 rings (SSSR count). The van der Waals surface area contributed by atoms with Crippen LogP contribution in [0.5, 0.6) is 5.75 Å². The van der Waals surface area contributed by atoms with Crippen molar-refractivity contribution in [2.45, 2.75) is 18.3 Å². The Morgan fingerprint density at radius 2 is 2.13 bits per heavy atom. The lowest BCUT2D eigenvalue weighted by molar-refractivity contribution is -0.126. The summed E-state index contributed by atoms with van der Waals surface area (Å²) in [6.07, 6.45) is 0.414. The van der Waals surface area contributed by atoms with Crippen LogP contribution in [0.2, 0.25) is 0 Å². The molecule has 0 heterocycles. The number of hydrogen-bond donors (Lipinski definition) is 1. The minimum Gasteiger partial charge on any atom is -0.508 e. The minimum absolute atomic E-state index is 0.0680. The Kier molecular flexibility index (Phi) is 2.28. The molecule has 0 bridgehead atoms. The fourth-order valence-corrected chi connectivity index (χ4v) is 2.21. The summed E-state index contributed by atoms with van der Waals surface area (Å²) in [6, 6.07) is 7.12. The highest BCUT2D eigenvalue weighted by Crippen LogP contribution is 2.44. The topological polar surface area (TPSA) is 61.1 Å². The van der Waals surface area contributed by atoms with Gasteiger partial charge in [0, 0.05) is 22.9 Å². The maximum absolute atomic E-state index is 11.0. The van der Waals surface area contributed by atoms with Crippen molar-refractivity contribution in [2.75, 3.05) is 0 Å². The van der Waals surface area contributed by atoms with E-state index >= 15 is 0 Å². The van der Waals surface area contributed by atoms with Crippen LogP contribution in [0.15, 0.2) is 22.7 Å². The molecule has 4 heteroatoms. The molecule has 1 saturated carbocycles. The highest BCUT2D eigenvalue weighted by Gasteiger charge is 2.46. The lowest BCUT2D eigenvalue weighted by atomic mass is 9.64. The number of benzene rings is 1. The number of hydrogen-bond acceptors (Lipinski definition) is 3. The molecule has 1 aromatic rings. The Hall–Kier alpha value is -1.34. The fourth-order valence-electron chi connectivity index (χ4n) is 1.86. The molecule has 1 aromatic carbocycles. The second-order valence-corrected chi connectivity index (χ2v) is 4.66. The molecule has 0 amide bonds. The summed E-state index contributed by atoms with van der Waals surface area (Å²) >= 11 is 3.23. The molecule has 76 valence electrons. The maximum Gasteiger partial charge on any atom is 0.136 e. The van der Waals surface area contributed by atoms with E-state index in [-0.39, 0.29) is 24.4 Å². The summed E-state index contributed by atoms with van der Waals surface area (Å²) in [5, 5.41) is 18.8. The smallest absolute Gasteiger partial charge is 0.136 e. The summed E-state index contributed by atoms with van der Waals surface area (Å²) in [4.78, 5) is 11.0. The van der Waals surface area contributed by atoms with Crippen LogP contribution >= 0.6 is 15.9 Å². The normalized spacial score (nSPS) is 18.0. The first-order valence-electron chi connectivity index (χ1n) is 4.49. The summed E-state index contributed by atoms with van der Waals surface area (Å²) in [7, 11) is 0. The molecule has 0 atom stereocenters. The van der Waals surface area contributed by atoms with Gasteiger partial charge in [-0.05, 0) is 12.1 Å². The zero-order valence-electron chi connectivity index (χ0n) is 7.83. The van der Waals surface area contributed by atoms with E-state index in [1.54, 1.807) is 12.1 Å². The van der Waals surface area contributed by atoms with Crippen LogP contribution in [0.3, 0.4) is 0 Å². The van der Waals surface area contributed by atoms with E-state index < -0.39 is 5.41 Å². The van der Waals surface area contributed by atoms with Crippen molar-refractivity contribution < 1.29 is 9.90 Å². The third kappa shape index (κ3) is 1.53. The predicted molar refractivity (Wildman–Crippen MR) is 57.3 cm³/mol. The van der Waals surface area contributed by atoms with Gasteiger partial charge in [-0.15, -0.1) is 0 Å². The average Bonchev–Trinajstić information content (AvgIpc) is 2.13. The molecule has 3 nitrogen and oxygen atoms in total. The highest BCUT2D eigenvalue weighted by molar-refractivity contribution is 9.10. The summed E-state index contributed by atoms with van der Waals surface area (Å²) in [5.74, 6) is 0.136. The van der Waals surface area contributed by atoms with Gasteiger partial charge in [-0.3, -0.25) is 4.79 Å². The number of aromatic hydroxyl groups is 1. The van der Waals surface area contributed by atoms with Gasteiger partial charge in [0.25, 0.3) is 0 Å². The molecule has 0 spiro atoms. The Bertz CT molecular complexity index is 468. The van der Waals surface area contributed by atoms with E-state index in [9.17, 15) is 9.90 Å². The maximum atomic E-state index is 11.0. The van der Waals surface area contributed by atoms with Gasteiger partial charge < -0.3 is 5.11 Å². The van der Waals surface area contributed by atoms with Crippen LogP contribution in [0, 0.1) is 11.3 Å². The molecule has 1 aliphatic rings. The number of nitriles is 1. The van der Waals surface area contributed by atoms with Gasteiger partial charge >= 0.3 is 0 Å². The second kappa shape index (κ2) is 3.35. The molecule has 0 aliphatic heterocycles. The SMILES string of the molecule is N#CC1(c2ccc(Br)cc2O)CC(=O)C1. The molecule has 15 heavy (non-hydrogen) atoms. The van der Waals surface area contributed by atoms with E-state index in [2.05, 4.69) is 22.0 Å². The first kappa shape index (κ1) is 10.2. The first-order valence-corrected chi connectivity index (χ1v) is 5.29. The zero-order valence-corrected chi connectivity index (χ0v) is 9.41. The first-order chi connectivity index (χ1) is 7.07. The number of carbonyl (C=O) groups is 1. The summed E-state index contributed by atoms with van der Waals surface area (Å²) in [6.45, 7) is 0. The lowest BCUT2D eigenvalue weighted by Gasteiger charge is -2.34. The number of ketones is 1. The summed E-state index contributed by atoms with van der Waals surface area (Å²) < 4.78 is 0.752. The molecule has 1 fully saturated rings. The molecular formula is C11H8BrNO2. The number of halogens is 1. The van der Waals surface area contributed by atoms with Crippen LogP contribution in [-0.2, 0) is 10.2 Å². The third-order valence-electron chi connectivity index (χ3n) is 2.69. The monoisotopic (exact) mass is 265 g/mol. The average molecular weight is 266 g/mol. The van der Waals surface area contributed by atoms with Gasteiger partial charge in [-0.2, -0.15) is 5.26 Å². The van der Waals surface area contributed by atoms with Gasteiger partial charge in [0.1, 0.15) is 11.5 Å². The van der Waals surface area contributed by atoms with Crippen molar-refractivity contribution in [3.63, 3.8) is 0 Å². The molecule has 1 N–H and O–H groups in total. The van der Waals surface area contributed by atoms with Crippen molar-refractivity contribution in [3.05, 3.63) is 28.2 Å². The second-order valence-electron chi connectivity index (χ2n) is 3.75. The minimum atomic E-state index is -0.804. The van der Waals surface area contributed by atoms with Crippen LogP contribution in [0.4, 0.5) is 0 Å². The highest BCUT2D eigenvalue weighted by atomic mass is 79.9. The number of carbonyl (C=O) groups excluding carboxylic acids is 1. The Morgan fingerprint density at radius 3 is 2.60 bits per heavy atom. The summed E-state index contributed by atoms with van der Waals surface area (Å²) in [5.41, 5.74) is -0.255. The van der Waals surface area contributed by atoms with Crippen LogP contribution in [0.25, 0.3) is 0 Å². The van der Waals surface area contributed by atoms with E-state index in [1.807, 2.05) is 0 Å². The number of rotatable bonds is 1. The third-order valence-corrected chi connectivity index (χ3v) is 3.18. The molecule has 0 unspecified atom stereocenters. The van der Waals surface area contributed by atoms with Gasteiger partial charge in [0.05, 0.1) is 11.5 Å². The van der Waals surface area contributed by atoms with Gasteiger partial charge in [-0.1, -0.05) is 22.0 Å². The van der Waals surface area contributed by atoms with Gasteiger partial charge in [-0.25, -0.2) is 0 Å². The van der Waals surface area contributed by atoms with Crippen LogP contribution < -0.4 is 0 Å². The molecule has 0 saturated heterocycles. The molecule has 1 aliphatic carbocycles. The standard InChI is InChI=1S/C11H8BrNO2/c12-7-1-2-9(10(15)3-7)11(6-13)4-8(14)5-11/h1-3,15H,4-5H2. The Morgan fingerprint density at radius 1 is 1.47 bits per heavy atom. The lowest BCUT2D eigenvalue weighted by Crippen LogP contribution is -2.40. The number of Topliss-reactive ketones (excluding diaryl/α,β-unsaturated/α-hetero) is 1. The van der Waals surface area contributed by atoms with Crippen molar-refractivity contribution in [1.29, 1.82) is 5.26 Å². The van der Waals surface area contributed by atoms with Gasteiger partial charge in [0.15, 0.2) is 0 Å². The number of phenolic OH excluding ortho intramolecular Hbond substituents is 1. The zero-order chi connectivity index (χ0) is 11.1. The van der Waals surface area contributed by atoms with Gasteiger partial charge in [0.2, 0.25) is 0 Å². The Labute approximate surface area is 95.5 Å². The van der Waals surface area contributed by atoms with E-state index in [0.29, 0.717) is 5.56 Å². The van der Waals surface area contributed by atoms with E-state index in [0.717, 1.165) is 4.47 Å². The molecule has 0 aromatic heterocycles. The van der Waals surface area contributed by atoms with Crippen molar-refractivity contribution in [2.24, 2.45) is 0 Å².